The second-order valence-corrected chi connectivity index (χ2v) is 7.18. The van der Waals surface area contributed by atoms with Crippen LogP contribution in [0.25, 0.3) is 0 Å². The van der Waals surface area contributed by atoms with Crippen LogP contribution in [0.1, 0.15) is 33.3 Å². The molecule has 1 aromatic rings. The number of likely N-dealkylation sites (N-methyl/N-ethyl adjacent to an activating group) is 1. The number of hydrogen-bond donors (Lipinski definition) is 2. The Morgan fingerprint density at radius 3 is 2.41 bits per heavy atom. The largest absolute Gasteiger partial charge is 0.367 e. The van der Waals surface area contributed by atoms with Gasteiger partial charge in [0.1, 0.15) is 5.82 Å². The first-order valence-corrected chi connectivity index (χ1v) is 9.81. The zero-order valence-electron chi connectivity index (χ0n) is 17.1. The van der Waals surface area contributed by atoms with E-state index in [1.165, 1.54) is 0 Å². The third-order valence-corrected chi connectivity index (χ3v) is 4.61. The fraction of sp³-hybridized carbons (Fsp3) is 0.650. The fourth-order valence-electron chi connectivity index (χ4n) is 3.02. The molecule has 0 radical (unpaired) electrons. The molecule has 0 unspecified atom stereocenters. The van der Waals surface area contributed by atoms with Crippen LogP contribution in [0, 0.1) is 11.7 Å². The summed E-state index contributed by atoms with van der Waals surface area (Å²) >= 11 is 0. The minimum absolute atomic E-state index is 0. The molecule has 1 aliphatic heterocycles. The summed E-state index contributed by atoms with van der Waals surface area (Å²) in [6, 6.07) is 5.51. The summed E-state index contributed by atoms with van der Waals surface area (Å²) in [7, 11) is 0. The number of aliphatic imine (C=N–C) groups is 1. The Labute approximate surface area is 180 Å². The number of piperazine rings is 1. The Kier molecular flexibility index (Phi) is 11.0. The van der Waals surface area contributed by atoms with Crippen LogP contribution in [-0.4, -0.2) is 56.7 Å². The van der Waals surface area contributed by atoms with Gasteiger partial charge in [-0.1, -0.05) is 26.8 Å². The van der Waals surface area contributed by atoms with Gasteiger partial charge in [0.25, 0.3) is 0 Å². The van der Waals surface area contributed by atoms with Gasteiger partial charge in [-0.15, -0.1) is 24.0 Å². The van der Waals surface area contributed by atoms with E-state index in [0.717, 1.165) is 57.3 Å². The Bertz CT molecular complexity index is 586. The van der Waals surface area contributed by atoms with E-state index in [4.69, 9.17) is 0 Å². The molecule has 0 bridgehead atoms. The molecule has 0 spiro atoms. The van der Waals surface area contributed by atoms with Crippen LogP contribution in [0.15, 0.2) is 23.2 Å². The third kappa shape index (κ3) is 7.81. The third-order valence-electron chi connectivity index (χ3n) is 4.61. The average molecular weight is 491 g/mol. The summed E-state index contributed by atoms with van der Waals surface area (Å²) in [5, 5.41) is 6.54. The molecule has 7 heteroatoms. The van der Waals surface area contributed by atoms with Gasteiger partial charge < -0.3 is 20.4 Å². The number of nitrogens with one attached hydrogen (secondary N) is 2. The SMILES string of the molecule is CCNC(=NCc1ccc(N2CCN(CC)CC2)c(F)c1)NCC(C)C.I. The maximum Gasteiger partial charge on any atom is 0.191 e. The van der Waals surface area contributed by atoms with E-state index in [1.807, 2.05) is 19.1 Å². The van der Waals surface area contributed by atoms with Gasteiger partial charge in [0, 0.05) is 39.3 Å². The van der Waals surface area contributed by atoms with Gasteiger partial charge in [0.05, 0.1) is 12.2 Å². The molecule has 0 amide bonds. The zero-order valence-corrected chi connectivity index (χ0v) is 19.4. The van der Waals surface area contributed by atoms with E-state index in [0.29, 0.717) is 18.2 Å². The van der Waals surface area contributed by atoms with E-state index < -0.39 is 0 Å². The maximum atomic E-state index is 14.6. The van der Waals surface area contributed by atoms with Gasteiger partial charge in [-0.3, -0.25) is 0 Å². The highest BCUT2D eigenvalue weighted by molar-refractivity contribution is 14.0. The predicted molar refractivity (Wildman–Crippen MR) is 124 cm³/mol. The number of guanidine groups is 1. The van der Waals surface area contributed by atoms with Crippen LogP contribution < -0.4 is 15.5 Å². The first-order chi connectivity index (χ1) is 12.5. The second-order valence-electron chi connectivity index (χ2n) is 7.18. The molecule has 1 heterocycles. The van der Waals surface area contributed by atoms with Crippen LogP contribution in [0.5, 0.6) is 0 Å². The van der Waals surface area contributed by atoms with Crippen LogP contribution >= 0.6 is 24.0 Å². The maximum absolute atomic E-state index is 14.6. The van der Waals surface area contributed by atoms with Gasteiger partial charge in [-0.05, 0) is 37.1 Å². The molecule has 0 saturated carbocycles. The lowest BCUT2D eigenvalue weighted by Crippen LogP contribution is -2.46. The van der Waals surface area contributed by atoms with Gasteiger partial charge in [0.2, 0.25) is 0 Å². The summed E-state index contributed by atoms with van der Waals surface area (Å²) in [5.41, 5.74) is 1.60. The van der Waals surface area contributed by atoms with E-state index in [1.54, 1.807) is 6.07 Å². The van der Waals surface area contributed by atoms with E-state index in [2.05, 4.69) is 46.2 Å². The molecule has 154 valence electrons. The minimum Gasteiger partial charge on any atom is -0.367 e. The number of halogens is 2. The summed E-state index contributed by atoms with van der Waals surface area (Å²) in [6.45, 7) is 15.5. The lowest BCUT2D eigenvalue weighted by atomic mass is 10.1. The topological polar surface area (TPSA) is 42.9 Å². The first kappa shape index (κ1) is 23.9. The second kappa shape index (κ2) is 12.4. The molecule has 0 atom stereocenters. The van der Waals surface area contributed by atoms with E-state index >= 15 is 0 Å². The normalized spacial score (nSPS) is 15.6. The minimum atomic E-state index is -0.150. The summed E-state index contributed by atoms with van der Waals surface area (Å²) in [6.07, 6.45) is 0. The number of nitrogens with zero attached hydrogens (tertiary/aromatic N) is 3. The molecule has 1 aliphatic rings. The van der Waals surface area contributed by atoms with E-state index in [9.17, 15) is 4.39 Å². The molecule has 2 rings (SSSR count). The van der Waals surface area contributed by atoms with Crippen LogP contribution in [0.3, 0.4) is 0 Å². The van der Waals surface area contributed by atoms with Crippen LogP contribution in [0.2, 0.25) is 0 Å². The highest BCUT2D eigenvalue weighted by Gasteiger charge is 2.18. The molecular weight excluding hydrogens is 456 g/mol. The Hall–Kier alpha value is -1.09. The number of rotatable bonds is 7. The molecule has 0 aliphatic carbocycles. The van der Waals surface area contributed by atoms with Crippen LogP contribution in [-0.2, 0) is 6.54 Å². The van der Waals surface area contributed by atoms with Gasteiger partial charge in [-0.25, -0.2) is 9.38 Å². The van der Waals surface area contributed by atoms with Gasteiger partial charge >= 0.3 is 0 Å². The predicted octanol–water partition coefficient (Wildman–Crippen LogP) is 3.30. The molecule has 5 nitrogen and oxygen atoms in total. The fourth-order valence-corrected chi connectivity index (χ4v) is 3.02. The molecule has 1 aromatic carbocycles. The lowest BCUT2D eigenvalue weighted by Gasteiger charge is -2.35. The van der Waals surface area contributed by atoms with Crippen LogP contribution in [0.4, 0.5) is 10.1 Å². The smallest absolute Gasteiger partial charge is 0.191 e. The van der Waals surface area contributed by atoms with Gasteiger partial charge in [0.15, 0.2) is 5.96 Å². The molecule has 27 heavy (non-hydrogen) atoms. The average Bonchev–Trinajstić information content (AvgIpc) is 2.64. The Morgan fingerprint density at radius 1 is 1.15 bits per heavy atom. The quantitative estimate of drug-likeness (QED) is 0.349. The monoisotopic (exact) mass is 491 g/mol. The standard InChI is InChI=1S/C20H34FN5.HI/c1-5-22-20(23-14-16(3)4)24-15-17-7-8-19(18(21)13-17)26-11-9-25(6-2)10-12-26;/h7-8,13,16H,5-6,9-12,14-15H2,1-4H3,(H2,22,23,24);1H. The number of anilines is 1. The Morgan fingerprint density at radius 2 is 1.85 bits per heavy atom. The van der Waals surface area contributed by atoms with Crippen molar-refractivity contribution in [1.82, 2.24) is 15.5 Å². The van der Waals surface area contributed by atoms with Crippen molar-refractivity contribution in [2.75, 3.05) is 50.7 Å². The van der Waals surface area contributed by atoms with Crippen molar-refractivity contribution in [3.63, 3.8) is 0 Å². The molecule has 0 aromatic heterocycles. The van der Waals surface area contributed by atoms with Crippen molar-refractivity contribution >= 4 is 35.6 Å². The highest BCUT2D eigenvalue weighted by atomic mass is 127. The van der Waals surface area contributed by atoms with Crippen molar-refractivity contribution < 1.29 is 4.39 Å². The summed E-state index contributed by atoms with van der Waals surface area (Å²) < 4.78 is 14.6. The molecule has 1 fully saturated rings. The highest BCUT2D eigenvalue weighted by Crippen LogP contribution is 2.22. The van der Waals surface area contributed by atoms with Gasteiger partial charge in [-0.2, -0.15) is 0 Å². The number of hydrogen-bond acceptors (Lipinski definition) is 3. The molecule has 2 N–H and O–H groups in total. The van der Waals surface area contributed by atoms with Crippen molar-refractivity contribution in [1.29, 1.82) is 0 Å². The Balaban J connectivity index is 0.00000364. The summed E-state index contributed by atoms with van der Waals surface area (Å²) in [5.74, 6) is 1.17. The van der Waals surface area contributed by atoms with Crippen molar-refractivity contribution in [3.05, 3.63) is 29.6 Å². The number of benzene rings is 1. The summed E-state index contributed by atoms with van der Waals surface area (Å²) in [4.78, 5) is 9.10. The molecule has 1 saturated heterocycles. The molecular formula is C20H35FIN5. The van der Waals surface area contributed by atoms with E-state index in [-0.39, 0.29) is 29.8 Å². The van der Waals surface area contributed by atoms with Crippen molar-refractivity contribution in [2.24, 2.45) is 10.9 Å². The zero-order chi connectivity index (χ0) is 18.9. The lowest BCUT2D eigenvalue weighted by molar-refractivity contribution is 0.270. The van der Waals surface area contributed by atoms with Crippen molar-refractivity contribution in [3.8, 4) is 0 Å². The first-order valence-electron chi connectivity index (χ1n) is 9.81. The van der Waals surface area contributed by atoms with Crippen molar-refractivity contribution in [2.45, 2.75) is 34.2 Å².